The van der Waals surface area contributed by atoms with E-state index in [1.165, 1.54) is 36.6 Å². The molecule has 1 aromatic carbocycles. The molecule has 0 amide bonds. The smallest absolute Gasteiger partial charge is 0.221 e. The van der Waals surface area contributed by atoms with Crippen molar-refractivity contribution >= 4 is 21.6 Å². The number of ether oxygens (including phenoxy) is 1. The SMILES string of the molecule is COc1cc2nc3ccc(F)cc3sc-2cc1=O. The summed E-state index contributed by atoms with van der Waals surface area (Å²) < 4.78 is 18.8. The van der Waals surface area contributed by atoms with Crippen LogP contribution in [-0.2, 0) is 0 Å². The Hall–Kier alpha value is -2.01. The minimum absolute atomic E-state index is 0.196. The van der Waals surface area contributed by atoms with Crippen molar-refractivity contribution in [2.24, 2.45) is 0 Å². The van der Waals surface area contributed by atoms with Gasteiger partial charge in [-0.05, 0) is 18.2 Å². The van der Waals surface area contributed by atoms with Gasteiger partial charge in [-0.3, -0.25) is 4.79 Å². The second-order valence-corrected chi connectivity index (χ2v) is 4.88. The molecule has 0 spiro atoms. The lowest BCUT2D eigenvalue weighted by atomic mass is 10.2. The van der Waals surface area contributed by atoms with Crippen LogP contribution in [0, 0.1) is 5.82 Å². The number of methoxy groups -OCH3 is 1. The van der Waals surface area contributed by atoms with Gasteiger partial charge in [-0.15, -0.1) is 11.3 Å². The molecule has 1 heterocycles. The molecule has 0 aromatic heterocycles. The van der Waals surface area contributed by atoms with E-state index < -0.39 is 0 Å². The van der Waals surface area contributed by atoms with Crippen LogP contribution in [0.2, 0.25) is 0 Å². The van der Waals surface area contributed by atoms with E-state index in [1.807, 2.05) is 0 Å². The summed E-state index contributed by atoms with van der Waals surface area (Å²) in [6.07, 6.45) is 0. The Balaban J connectivity index is 2.39. The summed E-state index contributed by atoms with van der Waals surface area (Å²) in [5, 5.41) is 0. The Labute approximate surface area is 106 Å². The predicted molar refractivity (Wildman–Crippen MR) is 69.0 cm³/mol. The van der Waals surface area contributed by atoms with Gasteiger partial charge in [-0.25, -0.2) is 9.37 Å². The summed E-state index contributed by atoms with van der Waals surface area (Å²) in [6, 6.07) is 7.49. The molecule has 0 fully saturated rings. The minimum atomic E-state index is -0.309. The minimum Gasteiger partial charge on any atom is -0.493 e. The number of halogens is 1. The molecule has 1 aliphatic heterocycles. The van der Waals surface area contributed by atoms with Crippen LogP contribution in [0.3, 0.4) is 0 Å². The van der Waals surface area contributed by atoms with Crippen LogP contribution in [0.5, 0.6) is 5.75 Å². The number of benzene rings is 2. The average molecular weight is 261 g/mol. The van der Waals surface area contributed by atoms with E-state index in [0.717, 1.165) is 4.88 Å². The Kier molecular flexibility index (Phi) is 2.48. The van der Waals surface area contributed by atoms with Crippen LogP contribution < -0.4 is 10.2 Å². The van der Waals surface area contributed by atoms with Gasteiger partial charge in [0.15, 0.2) is 5.75 Å². The zero-order chi connectivity index (χ0) is 12.7. The number of nitrogens with zero attached hydrogens (tertiary/aromatic N) is 1. The highest BCUT2D eigenvalue weighted by Crippen LogP contribution is 2.31. The summed E-state index contributed by atoms with van der Waals surface area (Å²) in [5.74, 6) is -0.0422. The van der Waals surface area contributed by atoms with Crippen LogP contribution in [0.15, 0.2) is 35.1 Å². The lowest BCUT2D eigenvalue weighted by Gasteiger charge is -2.07. The van der Waals surface area contributed by atoms with Gasteiger partial charge < -0.3 is 4.74 Å². The molecule has 3 nitrogen and oxygen atoms in total. The number of rotatable bonds is 1. The fraction of sp³-hybridized carbons (Fsp3) is 0.0769. The van der Waals surface area contributed by atoms with Crippen molar-refractivity contribution in [3.05, 3.63) is 46.4 Å². The van der Waals surface area contributed by atoms with Crippen LogP contribution in [0.1, 0.15) is 0 Å². The molecule has 0 bridgehead atoms. The van der Waals surface area contributed by atoms with E-state index in [2.05, 4.69) is 4.98 Å². The van der Waals surface area contributed by atoms with E-state index in [0.29, 0.717) is 15.9 Å². The van der Waals surface area contributed by atoms with Crippen LogP contribution in [-0.4, -0.2) is 12.1 Å². The molecular formula is C13H8FNO2S. The molecule has 3 rings (SSSR count). The van der Waals surface area contributed by atoms with Gasteiger partial charge in [-0.2, -0.15) is 0 Å². The third-order valence-electron chi connectivity index (χ3n) is 2.63. The average Bonchev–Trinajstić information content (AvgIpc) is 2.35. The molecule has 0 N–H and O–H groups in total. The van der Waals surface area contributed by atoms with Gasteiger partial charge in [-0.1, -0.05) is 0 Å². The van der Waals surface area contributed by atoms with Crippen molar-refractivity contribution in [3.8, 4) is 16.3 Å². The Bertz CT molecular complexity index is 769. The topological polar surface area (TPSA) is 39.2 Å². The molecule has 1 aliphatic carbocycles. The maximum atomic E-state index is 13.1. The predicted octanol–water partition coefficient (Wildman–Crippen LogP) is 2.91. The van der Waals surface area contributed by atoms with Crippen LogP contribution >= 0.6 is 11.3 Å². The Morgan fingerprint density at radius 3 is 2.89 bits per heavy atom. The molecule has 0 unspecified atom stereocenters. The Morgan fingerprint density at radius 1 is 1.28 bits per heavy atom. The van der Waals surface area contributed by atoms with Crippen LogP contribution in [0.4, 0.5) is 4.39 Å². The third kappa shape index (κ3) is 1.73. The molecule has 0 radical (unpaired) electrons. The van der Waals surface area contributed by atoms with Crippen LogP contribution in [0.25, 0.3) is 20.8 Å². The summed E-state index contributed by atoms with van der Waals surface area (Å²) in [6.45, 7) is 0. The molecule has 0 atom stereocenters. The summed E-state index contributed by atoms with van der Waals surface area (Å²) in [7, 11) is 1.45. The first-order valence-electron chi connectivity index (χ1n) is 5.25. The highest BCUT2D eigenvalue weighted by molar-refractivity contribution is 7.21. The zero-order valence-corrected chi connectivity index (χ0v) is 10.3. The number of hydrogen-bond donors (Lipinski definition) is 0. The van der Waals surface area contributed by atoms with Gasteiger partial charge in [0.1, 0.15) is 5.82 Å². The van der Waals surface area contributed by atoms with Gasteiger partial charge in [0, 0.05) is 12.1 Å². The van der Waals surface area contributed by atoms with Crippen molar-refractivity contribution in [2.75, 3.05) is 7.11 Å². The third-order valence-corrected chi connectivity index (χ3v) is 3.72. The van der Waals surface area contributed by atoms with E-state index in [4.69, 9.17) is 4.74 Å². The lowest BCUT2D eigenvalue weighted by Crippen LogP contribution is -2.05. The molecule has 0 saturated carbocycles. The molecule has 2 aliphatic rings. The van der Waals surface area contributed by atoms with Gasteiger partial charge >= 0.3 is 0 Å². The lowest BCUT2D eigenvalue weighted by molar-refractivity contribution is 0.411. The maximum absolute atomic E-state index is 13.1. The van der Waals surface area contributed by atoms with Crippen molar-refractivity contribution < 1.29 is 9.13 Å². The van der Waals surface area contributed by atoms with Gasteiger partial charge in [0.2, 0.25) is 5.43 Å². The molecular weight excluding hydrogens is 253 g/mol. The van der Waals surface area contributed by atoms with Crippen molar-refractivity contribution in [2.45, 2.75) is 0 Å². The molecule has 1 aromatic rings. The normalized spacial score (nSPS) is 11.0. The standard InChI is InChI=1S/C13H8FNO2S/c1-17-11-5-9-13(6-10(11)16)18-12-4-7(14)2-3-8(12)15-9/h2-6H,1H3. The van der Waals surface area contributed by atoms with Crippen molar-refractivity contribution in [3.63, 3.8) is 0 Å². The fourth-order valence-corrected chi connectivity index (χ4v) is 2.77. The zero-order valence-electron chi connectivity index (χ0n) is 9.44. The quantitative estimate of drug-likeness (QED) is 0.632. The highest BCUT2D eigenvalue weighted by Gasteiger charge is 2.11. The molecule has 0 saturated heterocycles. The largest absolute Gasteiger partial charge is 0.493 e. The first-order chi connectivity index (χ1) is 8.67. The molecule has 5 heteroatoms. The maximum Gasteiger partial charge on any atom is 0.221 e. The monoisotopic (exact) mass is 261 g/mol. The Morgan fingerprint density at radius 2 is 2.11 bits per heavy atom. The van der Waals surface area contributed by atoms with Crippen molar-refractivity contribution in [1.82, 2.24) is 4.98 Å². The van der Waals surface area contributed by atoms with E-state index in [1.54, 1.807) is 12.1 Å². The van der Waals surface area contributed by atoms with Crippen molar-refractivity contribution in [1.29, 1.82) is 0 Å². The molecule has 90 valence electrons. The highest BCUT2D eigenvalue weighted by atomic mass is 32.1. The van der Waals surface area contributed by atoms with E-state index in [-0.39, 0.29) is 17.0 Å². The first-order valence-corrected chi connectivity index (χ1v) is 6.07. The second-order valence-electron chi connectivity index (χ2n) is 3.80. The van der Waals surface area contributed by atoms with Gasteiger partial charge in [0.05, 0.1) is 27.9 Å². The number of aromatic nitrogens is 1. The molecule has 18 heavy (non-hydrogen) atoms. The van der Waals surface area contributed by atoms with E-state index >= 15 is 0 Å². The summed E-state index contributed by atoms with van der Waals surface area (Å²) >= 11 is 1.34. The summed E-state index contributed by atoms with van der Waals surface area (Å²) in [4.78, 5) is 16.8. The summed E-state index contributed by atoms with van der Waals surface area (Å²) in [5.41, 5.74) is 1.18. The number of fused-ring (bicyclic) bond motifs is 2. The fourth-order valence-electron chi connectivity index (χ4n) is 1.77. The second kappa shape index (κ2) is 4.03. The first kappa shape index (κ1) is 11.1. The number of hydrogen-bond acceptors (Lipinski definition) is 4. The van der Waals surface area contributed by atoms with Gasteiger partial charge in [0.25, 0.3) is 0 Å². The van der Waals surface area contributed by atoms with E-state index in [9.17, 15) is 9.18 Å².